The molecule has 1 aromatic rings. The van der Waals surface area contributed by atoms with Crippen molar-refractivity contribution in [2.45, 2.75) is 82.2 Å². The molecule has 2 amide bonds. The fraction of sp³-hybridized carbons (Fsp3) is 0.636. The number of alkyl halides is 3. The second kappa shape index (κ2) is 8.57. The molecule has 0 heterocycles. The summed E-state index contributed by atoms with van der Waals surface area (Å²) in [5.74, 6) is -0.0232. The van der Waals surface area contributed by atoms with E-state index >= 15 is 0 Å². The first-order valence-electron chi connectivity index (χ1n) is 10.5. The molecular weight excluding hydrogens is 397 g/mol. The zero-order chi connectivity index (χ0) is 22.1. The Hall–Kier alpha value is -2.09. The lowest BCUT2D eigenvalue weighted by molar-refractivity contribution is -0.258. The molecule has 0 spiro atoms. The predicted molar refractivity (Wildman–Crippen MR) is 105 cm³/mol. The number of nitrogens with zero attached hydrogens (tertiary/aromatic N) is 1. The number of benzene rings is 1. The van der Waals surface area contributed by atoms with Crippen LogP contribution in [0.3, 0.4) is 0 Å². The number of halogens is 3. The highest BCUT2D eigenvalue weighted by molar-refractivity contribution is 5.95. The molecule has 166 valence electrons. The quantitative estimate of drug-likeness (QED) is 0.694. The van der Waals surface area contributed by atoms with Gasteiger partial charge in [-0.3, -0.25) is 9.59 Å². The predicted octanol–water partition coefficient (Wildman–Crippen LogP) is 3.89. The Morgan fingerprint density at radius 1 is 1.03 bits per heavy atom. The molecule has 0 aromatic heterocycles. The third-order valence-electron chi connectivity index (χ3n) is 6.43. The number of amides is 2. The van der Waals surface area contributed by atoms with Gasteiger partial charge in [0.05, 0.1) is 0 Å². The zero-order valence-corrected chi connectivity index (χ0v) is 17.1. The van der Waals surface area contributed by atoms with E-state index in [4.69, 9.17) is 5.73 Å². The number of aliphatic hydroxyl groups is 1. The largest absolute Gasteiger partial charge is 0.421 e. The summed E-state index contributed by atoms with van der Waals surface area (Å²) < 4.78 is 39.1. The Labute approximate surface area is 174 Å². The first kappa shape index (κ1) is 22.6. The van der Waals surface area contributed by atoms with Gasteiger partial charge >= 0.3 is 6.18 Å². The molecule has 0 bridgehead atoms. The summed E-state index contributed by atoms with van der Waals surface area (Å²) in [5, 5.41) is 9.82. The Morgan fingerprint density at radius 3 is 1.97 bits per heavy atom. The number of carbonyl (C=O) groups is 2. The van der Waals surface area contributed by atoms with Crippen molar-refractivity contribution in [2.75, 3.05) is 0 Å². The van der Waals surface area contributed by atoms with E-state index in [9.17, 15) is 27.9 Å². The van der Waals surface area contributed by atoms with E-state index < -0.39 is 11.8 Å². The monoisotopic (exact) mass is 426 g/mol. The van der Waals surface area contributed by atoms with Crippen LogP contribution in [0.4, 0.5) is 13.2 Å². The van der Waals surface area contributed by atoms with E-state index in [0.29, 0.717) is 24.8 Å². The van der Waals surface area contributed by atoms with Gasteiger partial charge in [-0.1, -0.05) is 12.1 Å². The second-order valence-electron chi connectivity index (χ2n) is 8.77. The highest BCUT2D eigenvalue weighted by Gasteiger charge is 2.51. The van der Waals surface area contributed by atoms with E-state index in [-0.39, 0.29) is 29.5 Å². The first-order chi connectivity index (χ1) is 14.0. The molecule has 2 aliphatic carbocycles. The molecule has 3 N–H and O–H groups in total. The Kier molecular flexibility index (Phi) is 6.45. The first-order valence-corrected chi connectivity index (χ1v) is 10.5. The lowest BCUT2D eigenvalue weighted by atomic mass is 9.82. The molecule has 2 fully saturated rings. The van der Waals surface area contributed by atoms with Gasteiger partial charge in [0.15, 0.2) is 5.60 Å². The molecule has 0 radical (unpaired) electrons. The van der Waals surface area contributed by atoms with Crippen molar-refractivity contribution in [1.82, 2.24) is 4.90 Å². The fourth-order valence-corrected chi connectivity index (χ4v) is 4.29. The summed E-state index contributed by atoms with van der Waals surface area (Å²) in [6.45, 7) is 0.705. The topological polar surface area (TPSA) is 83.6 Å². The van der Waals surface area contributed by atoms with Crippen molar-refractivity contribution in [2.24, 2.45) is 11.7 Å². The van der Waals surface area contributed by atoms with Crippen LogP contribution in [0.15, 0.2) is 24.3 Å². The van der Waals surface area contributed by atoms with Crippen LogP contribution >= 0.6 is 0 Å². The van der Waals surface area contributed by atoms with Crippen molar-refractivity contribution in [3.05, 3.63) is 35.4 Å². The van der Waals surface area contributed by atoms with Crippen molar-refractivity contribution in [1.29, 1.82) is 0 Å². The van der Waals surface area contributed by atoms with E-state index in [1.807, 2.05) is 4.90 Å². The van der Waals surface area contributed by atoms with E-state index in [0.717, 1.165) is 44.9 Å². The molecule has 30 heavy (non-hydrogen) atoms. The minimum atomic E-state index is -4.80. The fourth-order valence-electron chi connectivity index (χ4n) is 4.29. The highest BCUT2D eigenvalue weighted by atomic mass is 19.4. The smallest absolute Gasteiger partial charge is 0.376 e. The number of hydrogen-bond donors (Lipinski definition) is 2. The van der Waals surface area contributed by atoms with Gasteiger partial charge in [-0.2, -0.15) is 13.2 Å². The zero-order valence-electron chi connectivity index (χ0n) is 17.1. The molecule has 0 saturated heterocycles. The lowest BCUT2D eigenvalue weighted by Gasteiger charge is -2.37. The molecule has 3 rings (SSSR count). The number of rotatable bonds is 7. The molecule has 2 saturated carbocycles. The SMILES string of the molecule is C[C@](O)(c1ccc(C(=O)N(C2CCC(CCC(N)=O)CC2)C2CC2)cc1)C(F)(F)F. The maximum atomic E-state index is 13.2. The van der Waals surface area contributed by atoms with Crippen molar-refractivity contribution in [3.63, 3.8) is 0 Å². The molecule has 0 unspecified atom stereocenters. The van der Waals surface area contributed by atoms with E-state index in [2.05, 4.69) is 0 Å². The minimum absolute atomic E-state index is 0.104. The molecule has 8 heteroatoms. The maximum absolute atomic E-state index is 13.2. The Morgan fingerprint density at radius 2 is 1.53 bits per heavy atom. The number of nitrogens with two attached hydrogens (primary N) is 1. The van der Waals surface area contributed by atoms with Crippen molar-refractivity contribution < 1.29 is 27.9 Å². The van der Waals surface area contributed by atoms with Crippen LogP contribution in [-0.4, -0.2) is 40.1 Å². The average molecular weight is 426 g/mol. The molecule has 0 aliphatic heterocycles. The van der Waals surface area contributed by atoms with Crippen LogP contribution in [0, 0.1) is 5.92 Å². The van der Waals surface area contributed by atoms with Crippen LogP contribution in [-0.2, 0) is 10.4 Å². The minimum Gasteiger partial charge on any atom is -0.376 e. The van der Waals surface area contributed by atoms with Crippen LogP contribution in [0.2, 0.25) is 0 Å². The summed E-state index contributed by atoms with van der Waals surface area (Å²) >= 11 is 0. The highest BCUT2D eigenvalue weighted by Crippen LogP contribution is 2.40. The standard InChI is InChI=1S/C22H29F3N2O3/c1-21(30,22(23,24)25)16-7-5-15(6-8-16)20(29)27(18-11-12-18)17-9-2-14(3-10-17)4-13-19(26)28/h5-8,14,17-18,30H,2-4,9-13H2,1H3,(H2,26,28)/t14?,17?,21-/m0/s1. The van der Waals surface area contributed by atoms with E-state index in [1.165, 1.54) is 24.3 Å². The molecular formula is C22H29F3N2O3. The van der Waals surface area contributed by atoms with Gasteiger partial charge < -0.3 is 15.7 Å². The van der Waals surface area contributed by atoms with Crippen LogP contribution in [0.5, 0.6) is 0 Å². The number of carbonyl (C=O) groups excluding carboxylic acids is 2. The van der Waals surface area contributed by atoms with Gasteiger partial charge in [0.25, 0.3) is 5.91 Å². The van der Waals surface area contributed by atoms with Gasteiger partial charge in [-0.15, -0.1) is 0 Å². The van der Waals surface area contributed by atoms with Gasteiger partial charge in [-0.05, 0) is 75.5 Å². The van der Waals surface area contributed by atoms with Crippen molar-refractivity contribution in [3.8, 4) is 0 Å². The Balaban J connectivity index is 1.67. The van der Waals surface area contributed by atoms with Crippen LogP contribution < -0.4 is 5.73 Å². The molecule has 1 atom stereocenters. The third kappa shape index (κ3) is 4.96. The van der Waals surface area contributed by atoms with Gasteiger partial charge in [0.1, 0.15) is 0 Å². The number of primary amides is 1. The summed E-state index contributed by atoms with van der Waals surface area (Å²) in [5.41, 5.74) is 2.31. The maximum Gasteiger partial charge on any atom is 0.421 e. The molecule has 1 aromatic carbocycles. The van der Waals surface area contributed by atoms with Crippen LogP contribution in [0.25, 0.3) is 0 Å². The summed E-state index contributed by atoms with van der Waals surface area (Å²) in [6, 6.07) is 5.37. The third-order valence-corrected chi connectivity index (χ3v) is 6.43. The summed E-state index contributed by atoms with van der Waals surface area (Å²) in [6.07, 6.45) is 1.81. The normalized spacial score (nSPS) is 24.2. The lowest BCUT2D eigenvalue weighted by Crippen LogP contribution is -2.44. The number of hydrogen-bond acceptors (Lipinski definition) is 3. The summed E-state index contributed by atoms with van der Waals surface area (Å²) in [4.78, 5) is 26.1. The van der Waals surface area contributed by atoms with Crippen molar-refractivity contribution >= 4 is 11.8 Å². The average Bonchev–Trinajstić information content (AvgIpc) is 3.51. The summed E-state index contributed by atoms with van der Waals surface area (Å²) in [7, 11) is 0. The molecule has 5 nitrogen and oxygen atoms in total. The Bertz CT molecular complexity index is 765. The van der Waals surface area contributed by atoms with E-state index in [1.54, 1.807) is 0 Å². The van der Waals surface area contributed by atoms with Crippen LogP contribution in [0.1, 0.15) is 74.2 Å². The molecule has 2 aliphatic rings. The van der Waals surface area contributed by atoms with Gasteiger partial charge in [0.2, 0.25) is 5.91 Å². The van der Waals surface area contributed by atoms with Gasteiger partial charge in [0, 0.05) is 24.1 Å². The van der Waals surface area contributed by atoms with Gasteiger partial charge in [-0.25, -0.2) is 0 Å². The second-order valence-corrected chi connectivity index (χ2v) is 8.77.